The van der Waals surface area contributed by atoms with E-state index in [2.05, 4.69) is 15.1 Å². The second-order valence-corrected chi connectivity index (χ2v) is 8.03. The number of piperidine rings is 1. The molecular formula is C21H32F3IN4O. The fourth-order valence-electron chi connectivity index (χ4n) is 4.41. The van der Waals surface area contributed by atoms with Gasteiger partial charge in [0.25, 0.3) is 0 Å². The molecule has 2 aliphatic heterocycles. The van der Waals surface area contributed by atoms with Gasteiger partial charge < -0.3 is 15.3 Å². The van der Waals surface area contributed by atoms with Crippen LogP contribution in [-0.4, -0.2) is 66.7 Å². The third kappa shape index (κ3) is 6.23. The van der Waals surface area contributed by atoms with E-state index in [1.54, 1.807) is 12.1 Å². The van der Waals surface area contributed by atoms with Gasteiger partial charge in [0.15, 0.2) is 5.96 Å². The second kappa shape index (κ2) is 11.0. The average Bonchev–Trinajstić information content (AvgIpc) is 3.11. The highest BCUT2D eigenvalue weighted by atomic mass is 127. The number of likely N-dealkylation sites (tertiary alicyclic amines) is 2. The van der Waals surface area contributed by atoms with E-state index < -0.39 is 11.7 Å². The molecule has 0 aromatic heterocycles. The number of aliphatic hydroxyl groups excluding tert-OH is 1. The first kappa shape index (κ1) is 25.2. The number of benzene rings is 1. The predicted octanol–water partition coefficient (Wildman–Crippen LogP) is 3.74. The minimum atomic E-state index is -4.32. The fourth-order valence-corrected chi connectivity index (χ4v) is 4.41. The number of hydrogen-bond donors (Lipinski definition) is 2. The number of nitrogens with zero attached hydrogens (tertiary/aromatic N) is 3. The normalized spacial score (nSPS) is 25.9. The van der Waals surface area contributed by atoms with Gasteiger partial charge in [-0.2, -0.15) is 13.2 Å². The monoisotopic (exact) mass is 540 g/mol. The highest BCUT2D eigenvalue weighted by Crippen LogP contribution is 2.37. The molecule has 2 fully saturated rings. The van der Waals surface area contributed by atoms with Gasteiger partial charge in [0.05, 0.1) is 11.7 Å². The molecule has 1 aromatic carbocycles. The SMILES string of the molecule is CCNC(=NCC1CCCN(C)C1c1ccc(C(F)(F)F)cc1)N1CC[C@@H](O)C1.I. The standard InChI is InChI=1S/C21H31F3N4O.HI/c1-3-25-20(28-12-10-18(29)14-28)26-13-16-5-4-11-27(2)19(16)15-6-8-17(9-7-15)21(22,23)24;/h6-9,16,18-19,29H,3-5,10-14H2,1-2H3,(H,25,26);1H/t16?,18-,19?;/m1./s1. The second-order valence-electron chi connectivity index (χ2n) is 8.03. The molecule has 0 amide bonds. The molecule has 9 heteroatoms. The zero-order chi connectivity index (χ0) is 21.0. The van der Waals surface area contributed by atoms with E-state index in [1.165, 1.54) is 12.1 Å². The number of aliphatic imine (C=N–C) groups is 1. The van der Waals surface area contributed by atoms with E-state index in [1.807, 2.05) is 14.0 Å². The highest BCUT2D eigenvalue weighted by Gasteiger charge is 2.33. The average molecular weight is 540 g/mol. The molecule has 3 rings (SSSR count). The zero-order valence-corrected chi connectivity index (χ0v) is 19.9. The van der Waals surface area contributed by atoms with E-state index in [0.717, 1.165) is 50.4 Å². The van der Waals surface area contributed by atoms with Gasteiger partial charge in [-0.05, 0) is 63.4 Å². The molecule has 2 heterocycles. The van der Waals surface area contributed by atoms with Crippen molar-refractivity contribution in [3.05, 3.63) is 35.4 Å². The third-order valence-electron chi connectivity index (χ3n) is 5.86. The Labute approximate surface area is 193 Å². The smallest absolute Gasteiger partial charge is 0.391 e. The van der Waals surface area contributed by atoms with Crippen LogP contribution in [0.5, 0.6) is 0 Å². The van der Waals surface area contributed by atoms with E-state index in [4.69, 9.17) is 4.99 Å². The van der Waals surface area contributed by atoms with Gasteiger partial charge in [-0.3, -0.25) is 9.89 Å². The van der Waals surface area contributed by atoms with Crippen LogP contribution in [0.2, 0.25) is 0 Å². The molecule has 0 saturated carbocycles. The lowest BCUT2D eigenvalue weighted by Gasteiger charge is -2.39. The van der Waals surface area contributed by atoms with Crippen molar-refractivity contribution >= 4 is 29.9 Å². The molecule has 170 valence electrons. The number of alkyl halides is 3. The first-order valence-electron chi connectivity index (χ1n) is 10.4. The maximum atomic E-state index is 12.9. The molecule has 0 aliphatic carbocycles. The number of halogens is 4. The quantitative estimate of drug-likeness (QED) is 0.347. The van der Waals surface area contributed by atoms with Crippen molar-refractivity contribution in [3.63, 3.8) is 0 Å². The predicted molar refractivity (Wildman–Crippen MR) is 123 cm³/mol. The van der Waals surface area contributed by atoms with Crippen molar-refractivity contribution in [3.8, 4) is 0 Å². The van der Waals surface area contributed by atoms with Gasteiger partial charge in [0, 0.05) is 32.2 Å². The van der Waals surface area contributed by atoms with E-state index >= 15 is 0 Å². The Hall–Kier alpha value is -1.07. The van der Waals surface area contributed by atoms with Crippen LogP contribution >= 0.6 is 24.0 Å². The number of nitrogens with one attached hydrogen (secondary N) is 1. The molecule has 1 aromatic rings. The largest absolute Gasteiger partial charge is 0.416 e. The lowest BCUT2D eigenvalue weighted by atomic mass is 9.84. The van der Waals surface area contributed by atoms with Crippen molar-refractivity contribution < 1.29 is 18.3 Å². The molecule has 2 saturated heterocycles. The van der Waals surface area contributed by atoms with Crippen LogP contribution in [0.1, 0.15) is 43.4 Å². The molecule has 0 radical (unpaired) electrons. The van der Waals surface area contributed by atoms with Crippen LogP contribution in [0.4, 0.5) is 13.2 Å². The Balaban J connectivity index is 0.00000320. The summed E-state index contributed by atoms with van der Waals surface area (Å²) in [7, 11) is 2.03. The summed E-state index contributed by atoms with van der Waals surface area (Å²) in [6.07, 6.45) is -1.86. The molecule has 0 bridgehead atoms. The molecule has 2 aliphatic rings. The van der Waals surface area contributed by atoms with E-state index in [9.17, 15) is 18.3 Å². The number of rotatable bonds is 4. The summed E-state index contributed by atoms with van der Waals surface area (Å²) >= 11 is 0. The lowest BCUT2D eigenvalue weighted by molar-refractivity contribution is -0.137. The topological polar surface area (TPSA) is 51.1 Å². The van der Waals surface area contributed by atoms with Crippen molar-refractivity contribution in [1.82, 2.24) is 15.1 Å². The summed E-state index contributed by atoms with van der Waals surface area (Å²) in [5.41, 5.74) is 0.290. The van der Waals surface area contributed by atoms with Crippen LogP contribution in [-0.2, 0) is 6.18 Å². The van der Waals surface area contributed by atoms with Crippen molar-refractivity contribution in [1.29, 1.82) is 0 Å². The van der Waals surface area contributed by atoms with Crippen molar-refractivity contribution in [2.45, 2.75) is 44.5 Å². The Morgan fingerprint density at radius 2 is 1.90 bits per heavy atom. The summed E-state index contributed by atoms with van der Waals surface area (Å²) in [5.74, 6) is 1.04. The Kier molecular flexibility index (Phi) is 9.23. The minimum Gasteiger partial charge on any atom is -0.391 e. The molecule has 30 heavy (non-hydrogen) atoms. The number of guanidine groups is 1. The van der Waals surface area contributed by atoms with Gasteiger partial charge in [-0.25, -0.2) is 0 Å². The van der Waals surface area contributed by atoms with Gasteiger partial charge >= 0.3 is 6.18 Å². The number of aliphatic hydroxyl groups is 1. The first-order valence-corrected chi connectivity index (χ1v) is 10.4. The molecule has 5 nitrogen and oxygen atoms in total. The molecule has 2 N–H and O–H groups in total. The first-order chi connectivity index (χ1) is 13.8. The number of β-amino-alcohol motifs (C(OH)–C–C–N with tert-alkyl or cyclic N) is 1. The highest BCUT2D eigenvalue weighted by molar-refractivity contribution is 14.0. The van der Waals surface area contributed by atoms with Crippen molar-refractivity contribution in [2.24, 2.45) is 10.9 Å². The molecule has 2 unspecified atom stereocenters. The van der Waals surface area contributed by atoms with Crippen LogP contribution in [0.25, 0.3) is 0 Å². The van der Waals surface area contributed by atoms with Gasteiger partial charge in [0.1, 0.15) is 0 Å². The maximum absolute atomic E-state index is 12.9. The minimum absolute atomic E-state index is 0. The zero-order valence-electron chi connectivity index (χ0n) is 17.5. The Bertz CT molecular complexity index is 698. The molecule has 0 spiro atoms. The molecular weight excluding hydrogens is 508 g/mol. The number of hydrogen-bond acceptors (Lipinski definition) is 3. The summed E-state index contributed by atoms with van der Waals surface area (Å²) in [5, 5.41) is 13.1. The van der Waals surface area contributed by atoms with Gasteiger partial charge in [-0.1, -0.05) is 12.1 Å². The van der Waals surface area contributed by atoms with E-state index in [-0.39, 0.29) is 42.0 Å². The van der Waals surface area contributed by atoms with Gasteiger partial charge in [-0.15, -0.1) is 24.0 Å². The van der Waals surface area contributed by atoms with Crippen LogP contribution in [0.3, 0.4) is 0 Å². The van der Waals surface area contributed by atoms with Crippen molar-refractivity contribution in [2.75, 3.05) is 39.8 Å². The molecule has 3 atom stereocenters. The summed E-state index contributed by atoms with van der Waals surface area (Å²) in [6.45, 7) is 5.65. The summed E-state index contributed by atoms with van der Waals surface area (Å²) in [4.78, 5) is 9.13. The fraction of sp³-hybridized carbons (Fsp3) is 0.667. The van der Waals surface area contributed by atoms with Crippen LogP contribution < -0.4 is 5.32 Å². The third-order valence-corrected chi connectivity index (χ3v) is 5.86. The van der Waals surface area contributed by atoms with Crippen LogP contribution in [0.15, 0.2) is 29.3 Å². The van der Waals surface area contributed by atoms with Gasteiger partial charge in [0.2, 0.25) is 0 Å². The summed E-state index contributed by atoms with van der Waals surface area (Å²) in [6, 6.07) is 5.60. The summed E-state index contributed by atoms with van der Waals surface area (Å²) < 4.78 is 38.7. The van der Waals surface area contributed by atoms with E-state index in [0.29, 0.717) is 13.1 Å². The Morgan fingerprint density at radius 1 is 1.20 bits per heavy atom. The van der Waals surface area contributed by atoms with Crippen LogP contribution in [0, 0.1) is 5.92 Å². The maximum Gasteiger partial charge on any atom is 0.416 e. The Morgan fingerprint density at radius 3 is 2.47 bits per heavy atom. The lowest BCUT2D eigenvalue weighted by Crippen LogP contribution is -2.42.